The maximum absolute atomic E-state index is 11.9. The van der Waals surface area contributed by atoms with Gasteiger partial charge in [-0.25, -0.2) is 9.78 Å². The number of hydrogen-bond acceptors (Lipinski definition) is 5. The predicted molar refractivity (Wildman–Crippen MR) is 80.0 cm³/mol. The topological polar surface area (TPSA) is 79.3 Å². The van der Waals surface area contributed by atoms with Gasteiger partial charge in [0.15, 0.2) is 5.13 Å². The number of aromatic nitrogens is 1. The van der Waals surface area contributed by atoms with Crippen molar-refractivity contribution < 1.29 is 14.7 Å². The van der Waals surface area contributed by atoms with Gasteiger partial charge >= 0.3 is 5.97 Å². The number of nitrogens with zero attached hydrogens (tertiary/aromatic N) is 1. The molecule has 0 fully saturated rings. The van der Waals surface area contributed by atoms with Crippen LogP contribution in [0.5, 0.6) is 0 Å². The Morgan fingerprint density at radius 2 is 2.25 bits per heavy atom. The zero-order chi connectivity index (χ0) is 14.5. The summed E-state index contributed by atoms with van der Waals surface area (Å²) in [5.41, 5.74) is 0.547. The lowest BCUT2D eigenvalue weighted by Gasteiger charge is -1.97. The summed E-state index contributed by atoms with van der Waals surface area (Å²) in [6.07, 6.45) is 2.46. The molecule has 0 aliphatic heterocycles. The monoisotopic (exact) mass is 310 g/mol. The number of hydrogen-bond donors (Lipinski definition) is 2. The second kappa shape index (κ2) is 6.62. The summed E-state index contributed by atoms with van der Waals surface area (Å²) in [6.45, 7) is 2.03. The number of aromatic carboxylic acids is 1. The van der Waals surface area contributed by atoms with Crippen LogP contribution in [-0.4, -0.2) is 22.0 Å². The lowest BCUT2D eigenvalue weighted by molar-refractivity contribution is 0.0700. The lowest BCUT2D eigenvalue weighted by Crippen LogP contribution is -2.09. The average Bonchev–Trinajstić information content (AvgIpc) is 3.05. The number of carbonyl (C=O) groups is 2. The van der Waals surface area contributed by atoms with Crippen molar-refractivity contribution in [3.05, 3.63) is 33.0 Å². The highest BCUT2D eigenvalue weighted by atomic mass is 32.1. The molecule has 2 heterocycles. The lowest BCUT2D eigenvalue weighted by atomic mass is 10.2. The minimum Gasteiger partial charge on any atom is -0.477 e. The molecule has 0 aliphatic rings. The minimum atomic E-state index is -0.995. The van der Waals surface area contributed by atoms with E-state index >= 15 is 0 Å². The number of carboxylic acid groups (broad SMARTS) is 1. The first-order valence-electron chi connectivity index (χ1n) is 6.19. The quantitative estimate of drug-likeness (QED) is 0.856. The van der Waals surface area contributed by atoms with Crippen LogP contribution in [0.2, 0.25) is 0 Å². The SMILES string of the molecule is CCCCc1nc(NC(=O)c2cccs2)sc1C(=O)O. The third kappa shape index (κ3) is 3.43. The molecule has 1 amide bonds. The summed E-state index contributed by atoms with van der Waals surface area (Å²) >= 11 is 2.34. The van der Waals surface area contributed by atoms with E-state index in [1.165, 1.54) is 11.3 Å². The van der Waals surface area contributed by atoms with Crippen LogP contribution in [0.25, 0.3) is 0 Å². The maximum Gasteiger partial charge on any atom is 0.347 e. The first kappa shape index (κ1) is 14.7. The number of unbranched alkanes of at least 4 members (excludes halogenated alkanes) is 1. The molecule has 20 heavy (non-hydrogen) atoms. The van der Waals surface area contributed by atoms with Crippen LogP contribution in [0.4, 0.5) is 5.13 Å². The molecule has 0 spiro atoms. The Labute approximate surface area is 124 Å². The Bertz CT molecular complexity index is 605. The largest absolute Gasteiger partial charge is 0.477 e. The van der Waals surface area contributed by atoms with Crippen molar-refractivity contribution >= 4 is 39.7 Å². The molecule has 106 valence electrons. The van der Waals surface area contributed by atoms with Crippen molar-refractivity contribution in [3.63, 3.8) is 0 Å². The van der Waals surface area contributed by atoms with Crippen LogP contribution in [0.1, 0.15) is 44.8 Å². The van der Waals surface area contributed by atoms with Crippen LogP contribution in [0.15, 0.2) is 17.5 Å². The second-order valence-corrected chi connectivity index (χ2v) is 6.08. The van der Waals surface area contributed by atoms with Crippen molar-refractivity contribution in [1.82, 2.24) is 4.98 Å². The molecule has 0 aliphatic carbocycles. The molecule has 0 aromatic carbocycles. The molecular formula is C13H14N2O3S2. The number of rotatable bonds is 6. The van der Waals surface area contributed by atoms with E-state index in [2.05, 4.69) is 10.3 Å². The van der Waals surface area contributed by atoms with Gasteiger partial charge in [0, 0.05) is 0 Å². The summed E-state index contributed by atoms with van der Waals surface area (Å²) in [4.78, 5) is 28.1. The van der Waals surface area contributed by atoms with Gasteiger partial charge < -0.3 is 5.11 Å². The Kier molecular flexibility index (Phi) is 4.86. The number of carboxylic acids is 1. The van der Waals surface area contributed by atoms with E-state index in [4.69, 9.17) is 5.11 Å². The van der Waals surface area contributed by atoms with Gasteiger partial charge in [-0.3, -0.25) is 10.1 Å². The third-order valence-corrected chi connectivity index (χ3v) is 4.49. The zero-order valence-corrected chi connectivity index (χ0v) is 12.5. The molecule has 0 saturated heterocycles. The summed E-state index contributed by atoms with van der Waals surface area (Å²) in [5, 5.41) is 14.0. The Morgan fingerprint density at radius 1 is 1.45 bits per heavy atom. The zero-order valence-electron chi connectivity index (χ0n) is 10.9. The van der Waals surface area contributed by atoms with Gasteiger partial charge in [0.25, 0.3) is 5.91 Å². The van der Waals surface area contributed by atoms with Gasteiger partial charge in [0.2, 0.25) is 0 Å². The Balaban J connectivity index is 2.16. The first-order valence-corrected chi connectivity index (χ1v) is 7.89. The van der Waals surface area contributed by atoms with Crippen molar-refractivity contribution in [3.8, 4) is 0 Å². The molecule has 7 heteroatoms. The summed E-state index contributed by atoms with van der Waals surface area (Å²) < 4.78 is 0. The summed E-state index contributed by atoms with van der Waals surface area (Å²) in [5.74, 6) is -1.25. The predicted octanol–water partition coefficient (Wildman–Crippen LogP) is 3.50. The average molecular weight is 310 g/mol. The van der Waals surface area contributed by atoms with Crippen molar-refractivity contribution in [2.24, 2.45) is 0 Å². The van der Waals surface area contributed by atoms with Crippen LogP contribution in [-0.2, 0) is 6.42 Å². The molecule has 0 bridgehead atoms. The number of amides is 1. The molecule has 2 aromatic heterocycles. The second-order valence-electron chi connectivity index (χ2n) is 4.13. The maximum atomic E-state index is 11.9. The highest BCUT2D eigenvalue weighted by molar-refractivity contribution is 7.18. The van der Waals surface area contributed by atoms with E-state index in [-0.39, 0.29) is 10.8 Å². The van der Waals surface area contributed by atoms with Gasteiger partial charge in [-0.2, -0.15) is 0 Å². The van der Waals surface area contributed by atoms with E-state index in [1.807, 2.05) is 12.3 Å². The van der Waals surface area contributed by atoms with E-state index in [0.29, 0.717) is 22.1 Å². The molecule has 2 rings (SSSR count). The fourth-order valence-electron chi connectivity index (χ4n) is 1.65. The fourth-order valence-corrected chi connectivity index (χ4v) is 3.12. The third-order valence-electron chi connectivity index (χ3n) is 2.62. The number of thiazole rings is 1. The van der Waals surface area contributed by atoms with Gasteiger partial charge in [0.05, 0.1) is 10.6 Å². The first-order chi connectivity index (χ1) is 9.61. The molecule has 0 radical (unpaired) electrons. The fraction of sp³-hybridized carbons (Fsp3) is 0.308. The van der Waals surface area contributed by atoms with Crippen LogP contribution in [0, 0.1) is 0 Å². The molecule has 0 unspecified atom stereocenters. The van der Waals surface area contributed by atoms with E-state index < -0.39 is 5.97 Å². The number of nitrogens with one attached hydrogen (secondary N) is 1. The molecule has 5 nitrogen and oxygen atoms in total. The van der Waals surface area contributed by atoms with Crippen LogP contribution >= 0.6 is 22.7 Å². The van der Waals surface area contributed by atoms with Gasteiger partial charge in [-0.1, -0.05) is 30.7 Å². The molecule has 0 saturated carbocycles. The number of anilines is 1. The van der Waals surface area contributed by atoms with Crippen LogP contribution < -0.4 is 5.32 Å². The van der Waals surface area contributed by atoms with E-state index in [1.54, 1.807) is 12.1 Å². The van der Waals surface area contributed by atoms with Crippen LogP contribution in [0.3, 0.4) is 0 Å². The van der Waals surface area contributed by atoms with Gasteiger partial charge in [0.1, 0.15) is 4.88 Å². The van der Waals surface area contributed by atoms with Crippen molar-refractivity contribution in [2.75, 3.05) is 5.32 Å². The van der Waals surface area contributed by atoms with Crippen molar-refractivity contribution in [2.45, 2.75) is 26.2 Å². The Morgan fingerprint density at radius 3 is 2.85 bits per heavy atom. The molecule has 2 N–H and O–H groups in total. The molecular weight excluding hydrogens is 296 g/mol. The normalized spacial score (nSPS) is 10.4. The Hall–Kier alpha value is -1.73. The standard InChI is InChI=1S/C13H14N2O3S2/c1-2-3-5-8-10(12(17)18)20-13(14-8)15-11(16)9-6-4-7-19-9/h4,6-7H,2-3,5H2,1H3,(H,17,18)(H,14,15,16). The summed E-state index contributed by atoms with van der Waals surface area (Å²) in [6, 6.07) is 3.50. The van der Waals surface area contributed by atoms with Gasteiger partial charge in [-0.05, 0) is 24.3 Å². The van der Waals surface area contributed by atoms with Crippen molar-refractivity contribution in [1.29, 1.82) is 0 Å². The minimum absolute atomic E-state index is 0.208. The van der Waals surface area contributed by atoms with E-state index in [0.717, 1.165) is 24.2 Å². The number of carbonyl (C=O) groups excluding carboxylic acids is 1. The highest BCUT2D eigenvalue weighted by Gasteiger charge is 2.18. The highest BCUT2D eigenvalue weighted by Crippen LogP contribution is 2.25. The van der Waals surface area contributed by atoms with Gasteiger partial charge in [-0.15, -0.1) is 11.3 Å². The number of thiophene rings is 1. The molecule has 2 aromatic rings. The smallest absolute Gasteiger partial charge is 0.347 e. The summed E-state index contributed by atoms with van der Waals surface area (Å²) in [7, 11) is 0. The number of aryl methyl sites for hydroxylation is 1. The molecule has 0 atom stereocenters. The van der Waals surface area contributed by atoms with E-state index in [9.17, 15) is 9.59 Å².